The van der Waals surface area contributed by atoms with Crippen molar-refractivity contribution < 1.29 is 22.7 Å². The maximum atomic E-state index is 12.8. The zero-order chi connectivity index (χ0) is 17.7. The number of alkyl halides is 3. The number of ether oxygens (including phenoxy) is 1. The van der Waals surface area contributed by atoms with Crippen molar-refractivity contribution in [1.29, 1.82) is 0 Å². The summed E-state index contributed by atoms with van der Waals surface area (Å²) in [5.74, 6) is 0.0142. The largest absolute Gasteiger partial charge is 0.466 e. The Morgan fingerprint density at radius 1 is 1.25 bits per heavy atom. The first-order valence-corrected chi connectivity index (χ1v) is 8.57. The highest BCUT2D eigenvalue weighted by molar-refractivity contribution is 5.72. The summed E-state index contributed by atoms with van der Waals surface area (Å²) < 4.78 is 43.5. The third-order valence-corrected chi connectivity index (χ3v) is 4.85. The van der Waals surface area contributed by atoms with Gasteiger partial charge in [-0.2, -0.15) is 13.2 Å². The van der Waals surface area contributed by atoms with Crippen LogP contribution < -0.4 is 0 Å². The smallest absolute Gasteiger partial charge is 0.433 e. The fourth-order valence-electron chi connectivity index (χ4n) is 3.60. The second-order valence-corrected chi connectivity index (χ2v) is 6.32. The molecule has 1 aliphatic carbocycles. The molecule has 134 valence electrons. The van der Waals surface area contributed by atoms with E-state index in [2.05, 4.69) is 4.98 Å². The molecule has 1 aromatic heterocycles. The van der Waals surface area contributed by atoms with Crippen molar-refractivity contribution in [3.63, 3.8) is 0 Å². The van der Waals surface area contributed by atoms with Gasteiger partial charge in [0.1, 0.15) is 5.69 Å². The molecule has 1 unspecified atom stereocenters. The van der Waals surface area contributed by atoms with Crippen molar-refractivity contribution in [3.05, 3.63) is 29.6 Å². The van der Waals surface area contributed by atoms with E-state index in [-0.39, 0.29) is 23.7 Å². The van der Waals surface area contributed by atoms with E-state index >= 15 is 0 Å². The van der Waals surface area contributed by atoms with Gasteiger partial charge in [-0.25, -0.2) is 4.98 Å². The molecule has 0 N–H and O–H groups in total. The van der Waals surface area contributed by atoms with Crippen molar-refractivity contribution in [2.45, 2.75) is 58.0 Å². The maximum absolute atomic E-state index is 12.8. The summed E-state index contributed by atoms with van der Waals surface area (Å²) in [6.07, 6.45) is -0.524. The lowest BCUT2D eigenvalue weighted by molar-refractivity contribution is -0.150. The SMILES string of the molecule is CCOC(=O)C(CC)C1CCC(c2cccc(C(F)(F)F)n2)CC1. The van der Waals surface area contributed by atoms with Crippen molar-refractivity contribution in [1.82, 2.24) is 4.98 Å². The van der Waals surface area contributed by atoms with Gasteiger partial charge in [-0.1, -0.05) is 13.0 Å². The summed E-state index contributed by atoms with van der Waals surface area (Å²) in [4.78, 5) is 15.8. The molecule has 1 atom stereocenters. The van der Waals surface area contributed by atoms with Crippen LogP contribution in [0.15, 0.2) is 18.2 Å². The van der Waals surface area contributed by atoms with Crippen LogP contribution in [0.2, 0.25) is 0 Å². The van der Waals surface area contributed by atoms with Crippen LogP contribution in [0, 0.1) is 11.8 Å². The van der Waals surface area contributed by atoms with E-state index in [1.165, 1.54) is 6.07 Å². The third-order valence-electron chi connectivity index (χ3n) is 4.85. The molecular formula is C18H24F3NO2. The van der Waals surface area contributed by atoms with Crippen LogP contribution in [-0.2, 0) is 15.7 Å². The topological polar surface area (TPSA) is 39.2 Å². The third kappa shape index (κ3) is 4.48. The lowest BCUT2D eigenvalue weighted by Crippen LogP contribution is -2.28. The predicted molar refractivity (Wildman–Crippen MR) is 84.4 cm³/mol. The Morgan fingerprint density at radius 3 is 2.46 bits per heavy atom. The van der Waals surface area contributed by atoms with Crippen molar-refractivity contribution in [2.24, 2.45) is 11.8 Å². The Kier molecular flexibility index (Phi) is 6.24. The molecule has 1 aromatic rings. The van der Waals surface area contributed by atoms with Gasteiger partial charge in [0.15, 0.2) is 0 Å². The second-order valence-electron chi connectivity index (χ2n) is 6.32. The summed E-state index contributed by atoms with van der Waals surface area (Å²) in [5, 5.41) is 0. The number of hydrogen-bond donors (Lipinski definition) is 0. The Labute approximate surface area is 140 Å². The maximum Gasteiger partial charge on any atom is 0.433 e. The number of carbonyl (C=O) groups is 1. The molecule has 0 amide bonds. The van der Waals surface area contributed by atoms with Gasteiger partial charge in [0.2, 0.25) is 0 Å². The molecule has 0 radical (unpaired) electrons. The van der Waals surface area contributed by atoms with Crippen LogP contribution in [0.3, 0.4) is 0 Å². The van der Waals surface area contributed by atoms with Crippen molar-refractivity contribution in [2.75, 3.05) is 6.61 Å². The number of halogens is 3. The van der Waals surface area contributed by atoms with E-state index in [0.29, 0.717) is 12.3 Å². The summed E-state index contributed by atoms with van der Waals surface area (Å²) in [6.45, 7) is 4.14. The van der Waals surface area contributed by atoms with E-state index in [9.17, 15) is 18.0 Å². The summed E-state index contributed by atoms with van der Waals surface area (Å²) in [5.41, 5.74) is -0.326. The molecular weight excluding hydrogens is 319 g/mol. The Hall–Kier alpha value is -1.59. The highest BCUT2D eigenvalue weighted by atomic mass is 19.4. The lowest BCUT2D eigenvalue weighted by atomic mass is 9.74. The first kappa shape index (κ1) is 18.7. The molecule has 3 nitrogen and oxygen atoms in total. The minimum atomic E-state index is -4.41. The summed E-state index contributed by atoms with van der Waals surface area (Å²) in [7, 11) is 0. The molecule has 2 rings (SSSR count). The van der Waals surface area contributed by atoms with E-state index in [1.54, 1.807) is 13.0 Å². The fourth-order valence-corrected chi connectivity index (χ4v) is 3.60. The first-order chi connectivity index (χ1) is 11.4. The number of carbonyl (C=O) groups excluding carboxylic acids is 1. The first-order valence-electron chi connectivity index (χ1n) is 8.57. The second kappa shape index (κ2) is 7.99. The van der Waals surface area contributed by atoms with Crippen LogP contribution in [-0.4, -0.2) is 17.6 Å². The number of esters is 1. The van der Waals surface area contributed by atoms with Gasteiger partial charge in [-0.15, -0.1) is 0 Å². The van der Waals surface area contributed by atoms with Gasteiger partial charge in [-0.3, -0.25) is 4.79 Å². The lowest BCUT2D eigenvalue weighted by Gasteiger charge is -2.32. The number of pyridine rings is 1. The normalized spacial score (nSPS) is 22.9. The minimum Gasteiger partial charge on any atom is -0.466 e. The molecule has 0 spiro atoms. The minimum absolute atomic E-state index is 0.0308. The van der Waals surface area contributed by atoms with Crippen LogP contribution in [0.5, 0.6) is 0 Å². The van der Waals surface area contributed by atoms with Crippen LogP contribution in [0.1, 0.15) is 63.3 Å². The average Bonchev–Trinajstić information content (AvgIpc) is 2.56. The Morgan fingerprint density at radius 2 is 1.92 bits per heavy atom. The molecule has 24 heavy (non-hydrogen) atoms. The van der Waals surface area contributed by atoms with Crippen LogP contribution >= 0.6 is 0 Å². The summed E-state index contributed by atoms with van der Waals surface area (Å²) in [6, 6.07) is 4.09. The van der Waals surface area contributed by atoms with Crippen LogP contribution in [0.25, 0.3) is 0 Å². The highest BCUT2D eigenvalue weighted by Gasteiger charge is 2.35. The van der Waals surface area contributed by atoms with E-state index < -0.39 is 11.9 Å². The molecule has 0 saturated heterocycles. The molecule has 0 aromatic carbocycles. The monoisotopic (exact) mass is 343 g/mol. The molecule has 1 aliphatic rings. The quantitative estimate of drug-likeness (QED) is 0.709. The molecule has 0 aliphatic heterocycles. The molecule has 6 heteroatoms. The zero-order valence-electron chi connectivity index (χ0n) is 14.1. The van der Waals surface area contributed by atoms with Gasteiger partial charge < -0.3 is 4.74 Å². The Balaban J connectivity index is 2.01. The number of aromatic nitrogens is 1. The average molecular weight is 343 g/mol. The molecule has 1 saturated carbocycles. The number of hydrogen-bond acceptors (Lipinski definition) is 3. The Bertz CT molecular complexity index is 551. The standard InChI is InChI=1S/C18H24F3NO2/c1-3-14(17(23)24-4-2)12-8-10-13(11-9-12)15-6-5-7-16(22-15)18(19,20)21/h5-7,12-14H,3-4,8-11H2,1-2H3. The van der Waals surface area contributed by atoms with E-state index in [4.69, 9.17) is 4.74 Å². The van der Waals surface area contributed by atoms with Gasteiger partial charge >= 0.3 is 12.1 Å². The summed E-state index contributed by atoms with van der Waals surface area (Å²) >= 11 is 0. The van der Waals surface area contributed by atoms with Crippen molar-refractivity contribution >= 4 is 5.97 Å². The van der Waals surface area contributed by atoms with E-state index in [1.807, 2.05) is 6.92 Å². The number of nitrogens with zero attached hydrogens (tertiary/aromatic N) is 1. The van der Waals surface area contributed by atoms with E-state index in [0.717, 1.165) is 38.2 Å². The zero-order valence-corrected chi connectivity index (χ0v) is 14.1. The van der Waals surface area contributed by atoms with Gasteiger partial charge in [0.25, 0.3) is 0 Å². The van der Waals surface area contributed by atoms with Gasteiger partial charge in [0.05, 0.1) is 12.5 Å². The molecule has 0 bridgehead atoms. The van der Waals surface area contributed by atoms with Crippen molar-refractivity contribution in [3.8, 4) is 0 Å². The molecule has 1 fully saturated rings. The number of rotatable bonds is 5. The molecule has 1 heterocycles. The highest BCUT2D eigenvalue weighted by Crippen LogP contribution is 2.40. The van der Waals surface area contributed by atoms with Gasteiger partial charge in [0, 0.05) is 11.6 Å². The van der Waals surface area contributed by atoms with Gasteiger partial charge in [-0.05, 0) is 57.1 Å². The fraction of sp³-hybridized carbons (Fsp3) is 0.667. The predicted octanol–water partition coefficient (Wildman–Crippen LogP) is 4.96. The van der Waals surface area contributed by atoms with Crippen LogP contribution in [0.4, 0.5) is 13.2 Å².